The first kappa shape index (κ1) is 12.7. The maximum atomic E-state index is 12.1. The highest BCUT2D eigenvalue weighted by Gasteiger charge is 2.14. The van der Waals surface area contributed by atoms with Crippen LogP contribution in [0.5, 0.6) is 0 Å². The lowest BCUT2D eigenvalue weighted by molar-refractivity contribution is -0.118. The average molecular weight is 260 g/mol. The van der Waals surface area contributed by atoms with Gasteiger partial charge in [-0.3, -0.25) is 14.4 Å². The van der Waals surface area contributed by atoms with Crippen molar-refractivity contribution >= 4 is 22.6 Å². The van der Waals surface area contributed by atoms with Gasteiger partial charge in [0.1, 0.15) is 0 Å². The molecule has 2 amide bonds. The first-order chi connectivity index (χ1) is 9.00. The van der Waals surface area contributed by atoms with Gasteiger partial charge in [0, 0.05) is 11.8 Å². The number of fused-ring (bicyclic) bond motifs is 1. The number of carbonyl (C=O) groups is 2. The number of amides is 2. The number of carbonyl (C=O) groups excluding carboxylic acids is 2. The van der Waals surface area contributed by atoms with Crippen LogP contribution in [0.25, 0.3) is 10.8 Å². The second-order valence-electron chi connectivity index (χ2n) is 4.00. The Morgan fingerprint density at radius 3 is 2.37 bits per heavy atom. The van der Waals surface area contributed by atoms with Crippen LogP contribution in [0.3, 0.4) is 0 Å². The third-order valence-corrected chi connectivity index (χ3v) is 2.67. The van der Waals surface area contributed by atoms with E-state index < -0.39 is 11.8 Å². The molecule has 1 aromatic heterocycles. The molecule has 0 saturated carbocycles. The van der Waals surface area contributed by atoms with Crippen molar-refractivity contribution in [1.82, 2.24) is 9.78 Å². The molecule has 0 aliphatic heterocycles. The quantitative estimate of drug-likeness (QED) is 0.760. The van der Waals surface area contributed by atoms with E-state index in [9.17, 15) is 14.4 Å². The van der Waals surface area contributed by atoms with Crippen molar-refractivity contribution in [2.24, 2.45) is 11.5 Å². The summed E-state index contributed by atoms with van der Waals surface area (Å²) in [7, 11) is 0. The van der Waals surface area contributed by atoms with Crippen LogP contribution in [0.15, 0.2) is 29.1 Å². The highest BCUT2D eigenvalue weighted by molar-refractivity contribution is 6.03. The molecule has 19 heavy (non-hydrogen) atoms. The fourth-order valence-corrected chi connectivity index (χ4v) is 1.78. The zero-order valence-electron chi connectivity index (χ0n) is 10.00. The number of nitrogens with zero attached hydrogens (tertiary/aromatic N) is 2. The summed E-state index contributed by atoms with van der Waals surface area (Å²) in [4.78, 5) is 34.2. The third-order valence-electron chi connectivity index (χ3n) is 2.67. The minimum absolute atomic E-state index is 0.000305. The van der Waals surface area contributed by atoms with Gasteiger partial charge in [-0.1, -0.05) is 18.2 Å². The molecule has 0 aliphatic carbocycles. The molecule has 2 rings (SSSR count). The van der Waals surface area contributed by atoms with Crippen LogP contribution in [-0.4, -0.2) is 21.6 Å². The van der Waals surface area contributed by atoms with Gasteiger partial charge in [0.05, 0.1) is 11.9 Å². The van der Waals surface area contributed by atoms with Gasteiger partial charge in [-0.2, -0.15) is 5.10 Å². The largest absolute Gasteiger partial charge is 0.370 e. The first-order valence-corrected chi connectivity index (χ1v) is 5.58. The number of nitrogens with two attached hydrogens (primary N) is 2. The van der Waals surface area contributed by atoms with Gasteiger partial charge in [-0.05, 0) is 6.07 Å². The lowest BCUT2D eigenvalue weighted by Crippen LogP contribution is -2.29. The maximum Gasteiger partial charge on any atom is 0.274 e. The molecule has 0 fully saturated rings. The number of hydrogen-bond acceptors (Lipinski definition) is 4. The first-order valence-electron chi connectivity index (χ1n) is 5.58. The van der Waals surface area contributed by atoms with Gasteiger partial charge in [0.25, 0.3) is 11.5 Å². The Balaban J connectivity index is 2.66. The number of primary amides is 2. The summed E-state index contributed by atoms with van der Waals surface area (Å²) in [5, 5.41) is 4.62. The molecule has 0 saturated heterocycles. The summed E-state index contributed by atoms with van der Waals surface area (Å²) in [5.41, 5.74) is 9.89. The Hall–Kier alpha value is -2.70. The van der Waals surface area contributed by atoms with Crippen LogP contribution in [0.1, 0.15) is 16.9 Å². The lowest BCUT2D eigenvalue weighted by Gasteiger charge is -2.08. The van der Waals surface area contributed by atoms with Gasteiger partial charge in [-0.25, -0.2) is 4.68 Å². The van der Waals surface area contributed by atoms with E-state index in [2.05, 4.69) is 5.10 Å². The second-order valence-corrected chi connectivity index (χ2v) is 4.00. The summed E-state index contributed by atoms with van der Waals surface area (Å²) in [5.74, 6) is -1.29. The van der Waals surface area contributed by atoms with E-state index in [0.717, 1.165) is 4.68 Å². The molecule has 0 spiro atoms. The summed E-state index contributed by atoms with van der Waals surface area (Å²) in [6, 6.07) is 6.53. The van der Waals surface area contributed by atoms with Crippen molar-refractivity contribution in [3.63, 3.8) is 0 Å². The molecule has 2 aromatic rings. The van der Waals surface area contributed by atoms with Crippen molar-refractivity contribution < 1.29 is 9.59 Å². The average Bonchev–Trinajstić information content (AvgIpc) is 2.37. The molecule has 7 nitrogen and oxygen atoms in total. The Labute approximate surface area is 107 Å². The third kappa shape index (κ3) is 2.44. The lowest BCUT2D eigenvalue weighted by atomic mass is 10.1. The molecular weight excluding hydrogens is 248 g/mol. The summed E-state index contributed by atoms with van der Waals surface area (Å²) >= 11 is 0. The van der Waals surface area contributed by atoms with E-state index in [0.29, 0.717) is 10.8 Å². The smallest absolute Gasteiger partial charge is 0.274 e. The predicted octanol–water partition coefficient (Wildman–Crippen LogP) is -0.629. The van der Waals surface area contributed by atoms with E-state index in [1.807, 2.05) is 0 Å². The van der Waals surface area contributed by atoms with Crippen LogP contribution in [0.4, 0.5) is 0 Å². The standard InChI is InChI=1S/C12H12N4O3/c13-9(17)5-6-16-12(19)8-4-2-1-3-7(8)10(15-16)11(14)18/h1-4H,5-6H2,(H2,13,17)(H2,14,18). The van der Waals surface area contributed by atoms with Crippen LogP contribution >= 0.6 is 0 Å². The van der Waals surface area contributed by atoms with Crippen LogP contribution < -0.4 is 17.0 Å². The van der Waals surface area contributed by atoms with Gasteiger partial charge in [0.2, 0.25) is 5.91 Å². The van der Waals surface area contributed by atoms with Crippen LogP contribution in [-0.2, 0) is 11.3 Å². The van der Waals surface area contributed by atoms with Crippen molar-refractivity contribution in [3.8, 4) is 0 Å². The highest BCUT2D eigenvalue weighted by atomic mass is 16.2. The van der Waals surface area contributed by atoms with Crippen LogP contribution in [0.2, 0.25) is 0 Å². The summed E-state index contributed by atoms with van der Waals surface area (Å²) < 4.78 is 1.03. The molecule has 7 heteroatoms. The van der Waals surface area contributed by atoms with E-state index in [-0.39, 0.29) is 24.2 Å². The minimum atomic E-state index is -0.732. The number of aryl methyl sites for hydroxylation is 1. The molecule has 1 aromatic carbocycles. The van der Waals surface area contributed by atoms with Crippen molar-refractivity contribution in [3.05, 3.63) is 40.3 Å². The van der Waals surface area contributed by atoms with Crippen LogP contribution in [0, 0.1) is 0 Å². The number of rotatable bonds is 4. The van der Waals surface area contributed by atoms with Gasteiger partial charge >= 0.3 is 0 Å². The fraction of sp³-hybridized carbons (Fsp3) is 0.167. The van der Waals surface area contributed by atoms with E-state index >= 15 is 0 Å². The van der Waals surface area contributed by atoms with E-state index in [1.54, 1.807) is 24.3 Å². The molecule has 0 radical (unpaired) electrons. The molecule has 0 aliphatic rings. The highest BCUT2D eigenvalue weighted by Crippen LogP contribution is 2.12. The second kappa shape index (κ2) is 4.89. The Bertz CT molecular complexity index is 720. The molecule has 0 bridgehead atoms. The topological polar surface area (TPSA) is 121 Å². The molecule has 0 atom stereocenters. The van der Waals surface area contributed by atoms with E-state index in [4.69, 9.17) is 11.5 Å². The number of benzene rings is 1. The van der Waals surface area contributed by atoms with Gasteiger partial charge < -0.3 is 11.5 Å². The normalized spacial score (nSPS) is 10.5. The Morgan fingerprint density at radius 2 is 1.79 bits per heavy atom. The Kier molecular flexibility index (Phi) is 3.28. The zero-order chi connectivity index (χ0) is 14.0. The molecule has 1 heterocycles. The van der Waals surface area contributed by atoms with Crippen molar-refractivity contribution in [1.29, 1.82) is 0 Å². The monoisotopic (exact) mass is 260 g/mol. The summed E-state index contributed by atoms with van der Waals surface area (Å²) in [6.45, 7) is 0.0132. The van der Waals surface area contributed by atoms with Gasteiger partial charge in [0.15, 0.2) is 5.69 Å². The molecule has 4 N–H and O–H groups in total. The number of aromatic nitrogens is 2. The zero-order valence-corrected chi connectivity index (χ0v) is 10.00. The fourth-order valence-electron chi connectivity index (χ4n) is 1.78. The number of hydrogen-bond donors (Lipinski definition) is 2. The molecular formula is C12H12N4O3. The Morgan fingerprint density at radius 1 is 1.16 bits per heavy atom. The van der Waals surface area contributed by atoms with Gasteiger partial charge in [-0.15, -0.1) is 0 Å². The summed E-state index contributed by atoms with van der Waals surface area (Å²) in [6.07, 6.45) is -0.0382. The predicted molar refractivity (Wildman–Crippen MR) is 68.3 cm³/mol. The molecule has 98 valence electrons. The van der Waals surface area contributed by atoms with Crippen molar-refractivity contribution in [2.45, 2.75) is 13.0 Å². The SMILES string of the molecule is NC(=O)CCn1nc(C(N)=O)c2ccccc2c1=O. The minimum Gasteiger partial charge on any atom is -0.370 e. The van der Waals surface area contributed by atoms with Crippen molar-refractivity contribution in [2.75, 3.05) is 0 Å². The maximum absolute atomic E-state index is 12.1. The molecule has 0 unspecified atom stereocenters. The van der Waals surface area contributed by atoms with E-state index in [1.165, 1.54) is 0 Å².